The minimum Gasteiger partial charge on any atom is -0.493 e. The number of rotatable bonds is 10. The number of anilines is 1. The highest BCUT2D eigenvalue weighted by molar-refractivity contribution is 6.33. The van der Waals surface area contributed by atoms with Crippen LogP contribution in [0, 0.1) is 0 Å². The summed E-state index contributed by atoms with van der Waals surface area (Å²) in [6.07, 6.45) is 2.32. The molecule has 192 valence electrons. The zero-order chi connectivity index (χ0) is 25.3. The Morgan fingerprint density at radius 2 is 2.00 bits per heavy atom. The highest BCUT2D eigenvalue weighted by Crippen LogP contribution is 2.37. The van der Waals surface area contributed by atoms with E-state index in [1.165, 1.54) is 6.33 Å². The molecule has 0 aliphatic carbocycles. The quantitative estimate of drug-likeness (QED) is 0.384. The number of nitrogens with one attached hydrogen (secondary N) is 2. The number of hydrogen-bond donors (Lipinski definition) is 2. The van der Waals surface area contributed by atoms with Gasteiger partial charge >= 0.3 is 6.03 Å². The molecule has 1 fully saturated rings. The van der Waals surface area contributed by atoms with Crippen molar-refractivity contribution in [2.75, 3.05) is 58.4 Å². The molecular weight excluding hydrogens is 486 g/mol. The van der Waals surface area contributed by atoms with Crippen molar-refractivity contribution in [1.82, 2.24) is 20.2 Å². The number of benzene rings is 2. The number of carbonyl (C=O) groups is 1. The van der Waals surface area contributed by atoms with Crippen LogP contribution < -0.4 is 24.8 Å². The van der Waals surface area contributed by atoms with Gasteiger partial charge in [0.25, 0.3) is 0 Å². The van der Waals surface area contributed by atoms with E-state index in [1.54, 1.807) is 31.4 Å². The van der Waals surface area contributed by atoms with Crippen molar-refractivity contribution in [3.05, 3.63) is 41.7 Å². The maximum atomic E-state index is 11.8. The molecule has 1 aliphatic heterocycles. The Kier molecular flexibility index (Phi) is 8.99. The number of nitrogens with zero attached hydrogens (tertiary/aromatic N) is 3. The lowest BCUT2D eigenvalue weighted by atomic mass is 10.2. The number of fused-ring (bicyclic) bond motifs is 1. The molecule has 0 atom stereocenters. The smallest absolute Gasteiger partial charge is 0.319 e. The Morgan fingerprint density at radius 1 is 1.17 bits per heavy atom. The van der Waals surface area contributed by atoms with Gasteiger partial charge in [0, 0.05) is 38.3 Å². The lowest BCUT2D eigenvalue weighted by molar-refractivity contribution is 0.0357. The summed E-state index contributed by atoms with van der Waals surface area (Å²) in [5.74, 6) is 1.98. The Hall–Kier alpha value is -3.34. The number of halogens is 1. The fourth-order valence-electron chi connectivity index (χ4n) is 3.79. The van der Waals surface area contributed by atoms with E-state index in [9.17, 15) is 4.79 Å². The first-order valence-corrected chi connectivity index (χ1v) is 12.2. The lowest BCUT2D eigenvalue weighted by Gasteiger charge is -2.26. The molecule has 4 rings (SSSR count). The average molecular weight is 516 g/mol. The van der Waals surface area contributed by atoms with Gasteiger partial charge in [0.1, 0.15) is 12.1 Å². The highest BCUT2D eigenvalue weighted by atomic mass is 35.5. The molecule has 1 aromatic heterocycles. The summed E-state index contributed by atoms with van der Waals surface area (Å²) >= 11 is 6.34. The van der Waals surface area contributed by atoms with E-state index in [1.807, 2.05) is 13.0 Å². The molecule has 2 aromatic carbocycles. The molecule has 1 saturated heterocycles. The number of aromatic nitrogens is 2. The van der Waals surface area contributed by atoms with E-state index in [0.717, 1.165) is 39.3 Å². The first-order valence-electron chi connectivity index (χ1n) is 11.8. The van der Waals surface area contributed by atoms with Crippen molar-refractivity contribution in [2.45, 2.75) is 13.3 Å². The van der Waals surface area contributed by atoms with E-state index < -0.39 is 0 Å². The maximum absolute atomic E-state index is 11.8. The second-order valence-corrected chi connectivity index (χ2v) is 8.49. The van der Waals surface area contributed by atoms with Gasteiger partial charge in [0.05, 0.1) is 48.5 Å². The van der Waals surface area contributed by atoms with Gasteiger partial charge in [-0.15, -0.1) is 0 Å². The Balaban J connectivity index is 1.45. The summed E-state index contributed by atoms with van der Waals surface area (Å²) in [6, 6.07) is 8.27. The number of methoxy groups -OCH3 is 1. The molecule has 0 unspecified atom stereocenters. The predicted molar refractivity (Wildman–Crippen MR) is 138 cm³/mol. The molecule has 2 heterocycles. The van der Waals surface area contributed by atoms with Crippen molar-refractivity contribution < 1.29 is 23.7 Å². The standard InChI is InChI=1S/C25H30ClN5O5/c1-3-27-25(32)30-20-6-5-17(13-19(20)26)36-24-18-14-22(33-2)23(15-21(18)28-16-29-24)35-10-4-7-31-8-11-34-12-9-31/h5-6,13-16H,3-4,7-12H2,1-2H3,(H2,27,30,32). The number of ether oxygens (including phenoxy) is 4. The molecule has 0 spiro atoms. The van der Waals surface area contributed by atoms with Gasteiger partial charge in [-0.3, -0.25) is 4.90 Å². The van der Waals surface area contributed by atoms with Crippen molar-refractivity contribution in [3.8, 4) is 23.1 Å². The van der Waals surface area contributed by atoms with Crippen molar-refractivity contribution in [2.24, 2.45) is 0 Å². The van der Waals surface area contributed by atoms with E-state index in [2.05, 4.69) is 25.5 Å². The number of carbonyl (C=O) groups excluding carboxylic acids is 1. The van der Waals surface area contributed by atoms with Gasteiger partial charge in [-0.2, -0.15) is 0 Å². The van der Waals surface area contributed by atoms with Crippen LogP contribution >= 0.6 is 11.6 Å². The summed E-state index contributed by atoms with van der Waals surface area (Å²) in [6.45, 7) is 7.34. The molecule has 10 nitrogen and oxygen atoms in total. The fourth-order valence-corrected chi connectivity index (χ4v) is 4.01. The Labute approximate surface area is 214 Å². The molecule has 0 radical (unpaired) electrons. The van der Waals surface area contributed by atoms with Gasteiger partial charge in [-0.05, 0) is 31.5 Å². The van der Waals surface area contributed by atoms with Crippen LogP contribution in [-0.2, 0) is 4.74 Å². The molecule has 1 aliphatic rings. The molecule has 0 bridgehead atoms. The van der Waals surface area contributed by atoms with E-state index in [4.69, 9.17) is 30.5 Å². The maximum Gasteiger partial charge on any atom is 0.319 e. The predicted octanol–water partition coefficient (Wildman–Crippen LogP) is 4.33. The fraction of sp³-hybridized carbons (Fsp3) is 0.400. The molecule has 0 saturated carbocycles. The zero-order valence-electron chi connectivity index (χ0n) is 20.4. The van der Waals surface area contributed by atoms with Gasteiger partial charge in [0.2, 0.25) is 5.88 Å². The summed E-state index contributed by atoms with van der Waals surface area (Å²) < 4.78 is 23.0. The summed E-state index contributed by atoms with van der Waals surface area (Å²) in [7, 11) is 1.59. The number of amides is 2. The van der Waals surface area contributed by atoms with Crippen molar-refractivity contribution >= 4 is 34.2 Å². The van der Waals surface area contributed by atoms with Gasteiger partial charge < -0.3 is 29.6 Å². The van der Waals surface area contributed by atoms with Crippen LogP contribution in [0.25, 0.3) is 10.9 Å². The third-order valence-electron chi connectivity index (χ3n) is 5.60. The molecule has 2 N–H and O–H groups in total. The summed E-state index contributed by atoms with van der Waals surface area (Å²) in [5, 5.41) is 6.35. The van der Waals surface area contributed by atoms with Crippen LogP contribution in [0.5, 0.6) is 23.1 Å². The SMILES string of the molecule is CCNC(=O)Nc1ccc(Oc2ncnc3cc(OCCCN4CCOCC4)c(OC)cc23)cc1Cl. The van der Waals surface area contributed by atoms with Crippen LogP contribution in [-0.4, -0.2) is 74.0 Å². The minimum absolute atomic E-state index is 0.332. The number of morpholine rings is 1. The molecule has 36 heavy (non-hydrogen) atoms. The number of urea groups is 1. The van der Waals surface area contributed by atoms with Crippen LogP contribution in [0.1, 0.15) is 13.3 Å². The second-order valence-electron chi connectivity index (χ2n) is 8.08. The molecular formula is C25H30ClN5O5. The zero-order valence-corrected chi connectivity index (χ0v) is 21.1. The first-order chi connectivity index (χ1) is 17.6. The Morgan fingerprint density at radius 3 is 2.75 bits per heavy atom. The lowest BCUT2D eigenvalue weighted by Crippen LogP contribution is -2.37. The van der Waals surface area contributed by atoms with E-state index in [-0.39, 0.29) is 6.03 Å². The number of hydrogen-bond acceptors (Lipinski definition) is 8. The minimum atomic E-state index is -0.332. The third-order valence-corrected chi connectivity index (χ3v) is 5.92. The first kappa shape index (κ1) is 25.7. The van der Waals surface area contributed by atoms with Crippen molar-refractivity contribution in [1.29, 1.82) is 0 Å². The highest BCUT2D eigenvalue weighted by Gasteiger charge is 2.15. The normalized spacial score (nSPS) is 13.9. The summed E-state index contributed by atoms with van der Waals surface area (Å²) in [4.78, 5) is 22.8. The average Bonchev–Trinajstić information content (AvgIpc) is 2.89. The van der Waals surface area contributed by atoms with Gasteiger partial charge in [-0.25, -0.2) is 14.8 Å². The van der Waals surface area contributed by atoms with Gasteiger partial charge in [-0.1, -0.05) is 11.6 Å². The molecule has 3 aromatic rings. The van der Waals surface area contributed by atoms with Crippen LogP contribution in [0.2, 0.25) is 5.02 Å². The molecule has 11 heteroatoms. The van der Waals surface area contributed by atoms with Crippen LogP contribution in [0.3, 0.4) is 0 Å². The largest absolute Gasteiger partial charge is 0.493 e. The van der Waals surface area contributed by atoms with Crippen LogP contribution in [0.4, 0.5) is 10.5 Å². The third kappa shape index (κ3) is 6.66. The van der Waals surface area contributed by atoms with Crippen LogP contribution in [0.15, 0.2) is 36.7 Å². The van der Waals surface area contributed by atoms with E-state index >= 15 is 0 Å². The topological polar surface area (TPSA) is 107 Å². The van der Waals surface area contributed by atoms with E-state index in [0.29, 0.717) is 57.9 Å². The second kappa shape index (κ2) is 12.6. The molecule has 2 amide bonds. The summed E-state index contributed by atoms with van der Waals surface area (Å²) in [5.41, 5.74) is 1.13. The monoisotopic (exact) mass is 515 g/mol. The Bertz CT molecular complexity index is 1190. The van der Waals surface area contributed by atoms with Crippen molar-refractivity contribution in [3.63, 3.8) is 0 Å². The van der Waals surface area contributed by atoms with Gasteiger partial charge in [0.15, 0.2) is 11.5 Å².